The van der Waals surface area contributed by atoms with E-state index in [2.05, 4.69) is 0 Å². The molecule has 0 radical (unpaired) electrons. The Morgan fingerprint density at radius 1 is 0.846 bits per heavy atom. The van der Waals surface area contributed by atoms with E-state index >= 15 is 0 Å². The zero-order valence-corrected chi connectivity index (χ0v) is 21.7. The van der Waals surface area contributed by atoms with E-state index < -0.39 is 29.1 Å². The first kappa shape index (κ1) is 23.8. The molecule has 3 aromatic rings. The molecule has 1 saturated carbocycles. The number of carbonyl (C=O) groups excluding carboxylic acids is 4. The number of likely N-dealkylation sites (tertiary alicyclic amines) is 1. The summed E-state index contributed by atoms with van der Waals surface area (Å²) >= 11 is 0. The fourth-order valence-electron chi connectivity index (χ4n) is 7.84. The molecule has 7 rings (SSSR count). The molecule has 196 valence electrons. The number of aromatic hydroxyl groups is 1. The maximum atomic E-state index is 14.4. The number of carbonyl (C=O) groups is 4. The lowest BCUT2D eigenvalue weighted by Crippen LogP contribution is -2.48. The second-order valence-electron chi connectivity index (χ2n) is 11.5. The van der Waals surface area contributed by atoms with Crippen LogP contribution in [0.4, 0.5) is 5.69 Å². The van der Waals surface area contributed by atoms with Crippen LogP contribution in [0.1, 0.15) is 31.2 Å². The quantitative estimate of drug-likeness (QED) is 0.399. The summed E-state index contributed by atoms with van der Waals surface area (Å²) in [7, 11) is 1.52. The van der Waals surface area contributed by atoms with E-state index in [1.54, 1.807) is 24.3 Å². The summed E-state index contributed by atoms with van der Waals surface area (Å²) in [4.78, 5) is 57.2. The lowest BCUT2D eigenvalue weighted by molar-refractivity contribution is -0.138. The van der Waals surface area contributed by atoms with Crippen molar-refractivity contribution in [3.63, 3.8) is 0 Å². The molecule has 0 unspecified atom stereocenters. The smallest absolute Gasteiger partial charge is 0.241 e. The molecule has 2 saturated heterocycles. The third-order valence-corrected chi connectivity index (χ3v) is 9.75. The molecule has 7 heteroatoms. The average molecular weight is 521 g/mol. The largest absolute Gasteiger partial charge is 0.507 e. The van der Waals surface area contributed by atoms with Gasteiger partial charge in [0.05, 0.1) is 28.9 Å². The van der Waals surface area contributed by atoms with Gasteiger partial charge in [0, 0.05) is 23.9 Å². The number of fused-ring (bicyclic) bond motifs is 5. The standard InChI is InChI=1S/C32H28N2O5/c1-32-24(29(37)34(31(32)39)18-9-4-3-5-10-18)16-23-20(14-15-21-25(23)30(38)33(2)28(21)36)26(32)22-13-12-17-8-6-7-11-19(17)27(22)35/h3-14,21,23-26,35H,15-16H2,1-2H3/t21-,23+,24-,25-,26+,32+/m0/s1. The molecule has 7 nitrogen and oxygen atoms in total. The molecule has 0 aromatic heterocycles. The lowest BCUT2D eigenvalue weighted by Gasteiger charge is -2.49. The zero-order chi connectivity index (χ0) is 27.2. The van der Waals surface area contributed by atoms with Crippen molar-refractivity contribution in [2.24, 2.45) is 29.1 Å². The first-order valence-electron chi connectivity index (χ1n) is 13.4. The number of rotatable bonds is 2. The van der Waals surface area contributed by atoms with Gasteiger partial charge in [0.1, 0.15) is 5.75 Å². The molecule has 6 atom stereocenters. The van der Waals surface area contributed by atoms with Crippen LogP contribution in [-0.2, 0) is 19.2 Å². The van der Waals surface area contributed by atoms with Crippen molar-refractivity contribution in [2.45, 2.75) is 25.7 Å². The summed E-state index contributed by atoms with van der Waals surface area (Å²) in [5.74, 6) is -3.74. The SMILES string of the molecule is CN1C(=O)[C@H]2[C@H](CC=C3[C@H]2C[C@H]2C(=O)N(c4ccccc4)C(=O)[C@@]2(C)[C@H]3c2ccc3ccccc3c2O)C1=O. The molecule has 3 aromatic carbocycles. The van der Waals surface area contributed by atoms with Gasteiger partial charge in [0.15, 0.2) is 0 Å². The van der Waals surface area contributed by atoms with Crippen molar-refractivity contribution >= 4 is 40.1 Å². The van der Waals surface area contributed by atoms with Crippen LogP contribution in [0.3, 0.4) is 0 Å². The summed E-state index contributed by atoms with van der Waals surface area (Å²) in [5.41, 5.74) is 0.760. The molecule has 2 aliphatic heterocycles. The Morgan fingerprint density at radius 3 is 2.33 bits per heavy atom. The molecule has 0 spiro atoms. The number of benzene rings is 3. The molecule has 0 bridgehead atoms. The second kappa shape index (κ2) is 8.12. The van der Waals surface area contributed by atoms with Gasteiger partial charge < -0.3 is 5.11 Å². The summed E-state index contributed by atoms with van der Waals surface area (Å²) in [6, 6.07) is 20.2. The predicted octanol–water partition coefficient (Wildman–Crippen LogP) is 4.41. The van der Waals surface area contributed by atoms with Crippen LogP contribution in [0.15, 0.2) is 78.4 Å². The molecule has 39 heavy (non-hydrogen) atoms. The van der Waals surface area contributed by atoms with E-state index in [4.69, 9.17) is 0 Å². The monoisotopic (exact) mass is 520 g/mol. The van der Waals surface area contributed by atoms with E-state index in [0.29, 0.717) is 29.5 Å². The minimum Gasteiger partial charge on any atom is -0.507 e. The maximum absolute atomic E-state index is 14.4. The number of imide groups is 2. The maximum Gasteiger partial charge on any atom is 0.241 e. The van der Waals surface area contributed by atoms with Crippen LogP contribution in [0, 0.1) is 29.1 Å². The number of amides is 4. The predicted molar refractivity (Wildman–Crippen MR) is 144 cm³/mol. The first-order chi connectivity index (χ1) is 18.7. The van der Waals surface area contributed by atoms with Crippen molar-refractivity contribution in [3.8, 4) is 5.75 Å². The Hall–Kier alpha value is -4.26. The Kier molecular flexibility index (Phi) is 4.96. The van der Waals surface area contributed by atoms with Crippen LogP contribution < -0.4 is 4.90 Å². The summed E-state index contributed by atoms with van der Waals surface area (Å²) in [6.45, 7) is 1.83. The van der Waals surface area contributed by atoms with Crippen molar-refractivity contribution in [3.05, 3.63) is 83.9 Å². The fourth-order valence-corrected chi connectivity index (χ4v) is 7.84. The van der Waals surface area contributed by atoms with Crippen LogP contribution in [0.25, 0.3) is 10.8 Å². The molecular formula is C32H28N2O5. The topological polar surface area (TPSA) is 95.0 Å². The highest BCUT2D eigenvalue weighted by molar-refractivity contribution is 6.24. The third kappa shape index (κ3) is 2.98. The number of nitrogens with zero attached hydrogens (tertiary/aromatic N) is 2. The molecule has 2 heterocycles. The van der Waals surface area contributed by atoms with Crippen molar-refractivity contribution in [1.82, 2.24) is 4.90 Å². The molecular weight excluding hydrogens is 492 g/mol. The van der Waals surface area contributed by atoms with E-state index in [-0.39, 0.29) is 35.3 Å². The highest BCUT2D eigenvalue weighted by atomic mass is 16.3. The summed E-state index contributed by atoms with van der Waals surface area (Å²) in [5, 5.41) is 13.1. The van der Waals surface area contributed by atoms with E-state index in [0.717, 1.165) is 11.0 Å². The van der Waals surface area contributed by atoms with Gasteiger partial charge in [-0.1, -0.05) is 66.2 Å². The van der Waals surface area contributed by atoms with Crippen LogP contribution in [0.2, 0.25) is 0 Å². The van der Waals surface area contributed by atoms with Gasteiger partial charge in [0.25, 0.3) is 0 Å². The van der Waals surface area contributed by atoms with Gasteiger partial charge in [-0.3, -0.25) is 24.1 Å². The van der Waals surface area contributed by atoms with Gasteiger partial charge >= 0.3 is 0 Å². The van der Waals surface area contributed by atoms with Gasteiger partial charge in [-0.2, -0.15) is 0 Å². The van der Waals surface area contributed by atoms with E-state index in [9.17, 15) is 24.3 Å². The average Bonchev–Trinajstić information content (AvgIpc) is 3.29. The molecule has 2 aliphatic carbocycles. The van der Waals surface area contributed by atoms with Gasteiger partial charge in [-0.05, 0) is 43.2 Å². The van der Waals surface area contributed by atoms with Crippen molar-refractivity contribution < 1.29 is 24.3 Å². The Morgan fingerprint density at radius 2 is 1.56 bits per heavy atom. The molecule has 3 fully saturated rings. The summed E-state index contributed by atoms with van der Waals surface area (Å²) < 4.78 is 0. The highest BCUT2D eigenvalue weighted by Crippen LogP contribution is 2.64. The summed E-state index contributed by atoms with van der Waals surface area (Å²) in [6.07, 6.45) is 2.69. The number of hydrogen-bond acceptors (Lipinski definition) is 5. The second-order valence-corrected chi connectivity index (χ2v) is 11.5. The fraction of sp³-hybridized carbons (Fsp3) is 0.312. The number of hydrogen-bond donors (Lipinski definition) is 1. The van der Waals surface area contributed by atoms with Crippen LogP contribution in [0.5, 0.6) is 5.75 Å². The number of phenols is 1. The zero-order valence-electron chi connectivity index (χ0n) is 21.7. The minimum absolute atomic E-state index is 0.0751. The van der Waals surface area contributed by atoms with E-state index in [1.165, 1.54) is 16.8 Å². The van der Waals surface area contributed by atoms with Crippen molar-refractivity contribution in [1.29, 1.82) is 0 Å². The minimum atomic E-state index is -1.18. The number of anilines is 1. The Balaban J connectivity index is 1.46. The first-order valence-corrected chi connectivity index (χ1v) is 13.4. The number of para-hydroxylation sites is 1. The lowest BCUT2D eigenvalue weighted by atomic mass is 9.51. The van der Waals surface area contributed by atoms with Crippen molar-refractivity contribution in [2.75, 3.05) is 11.9 Å². The number of allylic oxidation sites excluding steroid dienone is 2. The molecule has 4 amide bonds. The highest BCUT2D eigenvalue weighted by Gasteiger charge is 2.67. The van der Waals surface area contributed by atoms with Crippen LogP contribution in [-0.4, -0.2) is 40.7 Å². The Bertz CT molecular complexity index is 1630. The third-order valence-electron chi connectivity index (χ3n) is 9.75. The van der Waals surface area contributed by atoms with Crippen LogP contribution >= 0.6 is 0 Å². The molecule has 1 N–H and O–H groups in total. The normalized spacial score (nSPS) is 31.8. The molecule has 4 aliphatic rings. The van der Waals surface area contributed by atoms with Gasteiger partial charge in [-0.25, -0.2) is 4.90 Å². The van der Waals surface area contributed by atoms with E-state index in [1.807, 2.05) is 55.5 Å². The number of phenolic OH excluding ortho intramolecular Hbond substituents is 1. The Labute approximate surface area is 225 Å². The van der Waals surface area contributed by atoms with Gasteiger partial charge in [0.2, 0.25) is 23.6 Å². The van der Waals surface area contributed by atoms with Gasteiger partial charge in [-0.15, -0.1) is 0 Å².